The smallest absolute Gasteiger partial charge is 0.225 e. The molecule has 0 aromatic carbocycles. The Morgan fingerprint density at radius 2 is 2.10 bits per heavy atom. The van der Waals surface area contributed by atoms with E-state index in [1.165, 1.54) is 19.3 Å². The van der Waals surface area contributed by atoms with E-state index in [9.17, 15) is 4.79 Å². The van der Waals surface area contributed by atoms with Crippen LogP contribution in [-0.2, 0) is 4.79 Å². The maximum absolute atomic E-state index is 12.0. The first-order chi connectivity index (χ1) is 10.0. The summed E-state index contributed by atoms with van der Waals surface area (Å²) in [6, 6.07) is 2.47. The molecule has 3 rings (SSSR count). The lowest BCUT2D eigenvalue weighted by Crippen LogP contribution is -2.34. The summed E-state index contributed by atoms with van der Waals surface area (Å²) in [4.78, 5) is 23.0. The lowest BCUT2D eigenvalue weighted by molar-refractivity contribution is -0.129. The number of hydrogen-bond donors (Lipinski definition) is 1. The molecule has 0 bridgehead atoms. The molecular weight excluding hydrogens is 264 g/mol. The van der Waals surface area contributed by atoms with Gasteiger partial charge in [-0.15, -0.1) is 0 Å². The van der Waals surface area contributed by atoms with Crippen LogP contribution in [0.15, 0.2) is 6.07 Å². The molecule has 1 N–H and O–H groups in total. The minimum Gasteiger partial charge on any atom is -0.349 e. The van der Waals surface area contributed by atoms with Gasteiger partial charge in [-0.1, -0.05) is 6.42 Å². The summed E-state index contributed by atoms with van der Waals surface area (Å²) in [5.74, 6) is 1.50. The van der Waals surface area contributed by atoms with Crippen molar-refractivity contribution in [3.63, 3.8) is 0 Å². The van der Waals surface area contributed by atoms with Gasteiger partial charge in [0.2, 0.25) is 11.9 Å². The van der Waals surface area contributed by atoms with Gasteiger partial charge in [0.25, 0.3) is 0 Å². The molecule has 5 heteroatoms. The molecule has 1 saturated heterocycles. The Kier molecular flexibility index (Phi) is 3.83. The number of carbonyl (C=O) groups is 1. The van der Waals surface area contributed by atoms with Gasteiger partial charge in [0.1, 0.15) is 0 Å². The van der Waals surface area contributed by atoms with Crippen LogP contribution in [-0.4, -0.2) is 39.4 Å². The second-order valence-electron chi connectivity index (χ2n) is 6.57. The summed E-state index contributed by atoms with van der Waals surface area (Å²) in [6.07, 6.45) is 4.31. The van der Waals surface area contributed by atoms with Crippen molar-refractivity contribution in [3.05, 3.63) is 17.5 Å². The highest BCUT2D eigenvalue weighted by Crippen LogP contribution is 2.35. The van der Waals surface area contributed by atoms with Gasteiger partial charge in [-0.3, -0.25) is 4.79 Å². The molecule has 0 radical (unpaired) electrons. The van der Waals surface area contributed by atoms with E-state index in [-0.39, 0.29) is 18.0 Å². The van der Waals surface area contributed by atoms with Crippen LogP contribution < -0.4 is 5.32 Å². The van der Waals surface area contributed by atoms with E-state index in [0.717, 1.165) is 17.9 Å². The molecule has 1 saturated carbocycles. The standard InChI is InChI=1S/C16H24N4O/c1-10(2)20-9-13(8-15(20)21)18-16-17-11(3)7-14(19-16)12-5-4-6-12/h7,10,12-13H,4-6,8-9H2,1-3H3,(H,17,18,19). The number of rotatable bonds is 4. The van der Waals surface area contributed by atoms with Crippen molar-refractivity contribution >= 4 is 11.9 Å². The molecule has 21 heavy (non-hydrogen) atoms. The third-order valence-corrected chi connectivity index (χ3v) is 4.51. The fourth-order valence-corrected chi connectivity index (χ4v) is 3.08. The van der Waals surface area contributed by atoms with Crippen molar-refractivity contribution in [2.24, 2.45) is 0 Å². The van der Waals surface area contributed by atoms with Gasteiger partial charge in [0.15, 0.2) is 0 Å². The SMILES string of the molecule is Cc1cc(C2CCC2)nc(NC2CC(=O)N(C(C)C)C2)n1. The zero-order chi connectivity index (χ0) is 15.0. The molecule has 0 spiro atoms. The van der Waals surface area contributed by atoms with Crippen LogP contribution in [0.25, 0.3) is 0 Å². The number of nitrogens with zero attached hydrogens (tertiary/aromatic N) is 3. The molecule has 1 atom stereocenters. The minimum atomic E-state index is 0.121. The Hall–Kier alpha value is -1.65. The summed E-state index contributed by atoms with van der Waals surface area (Å²) in [6.45, 7) is 6.86. The highest BCUT2D eigenvalue weighted by Gasteiger charge is 2.31. The zero-order valence-electron chi connectivity index (χ0n) is 13.1. The Labute approximate surface area is 126 Å². The largest absolute Gasteiger partial charge is 0.349 e. The molecule has 114 valence electrons. The molecule has 1 aromatic rings. The predicted octanol–water partition coefficient (Wildman–Crippen LogP) is 2.47. The summed E-state index contributed by atoms with van der Waals surface area (Å²) in [5.41, 5.74) is 2.15. The van der Waals surface area contributed by atoms with Crippen LogP contribution in [0.3, 0.4) is 0 Å². The quantitative estimate of drug-likeness (QED) is 0.924. The maximum Gasteiger partial charge on any atom is 0.225 e. The lowest BCUT2D eigenvalue weighted by atomic mass is 9.83. The van der Waals surface area contributed by atoms with Gasteiger partial charge in [0, 0.05) is 36.3 Å². The van der Waals surface area contributed by atoms with E-state index in [1.807, 2.05) is 11.8 Å². The number of nitrogens with one attached hydrogen (secondary N) is 1. The third kappa shape index (κ3) is 3.01. The van der Waals surface area contributed by atoms with Crippen LogP contribution in [0.2, 0.25) is 0 Å². The van der Waals surface area contributed by atoms with Gasteiger partial charge in [0.05, 0.1) is 6.04 Å². The topological polar surface area (TPSA) is 58.1 Å². The van der Waals surface area contributed by atoms with Gasteiger partial charge < -0.3 is 10.2 Å². The van der Waals surface area contributed by atoms with Gasteiger partial charge in [-0.25, -0.2) is 9.97 Å². The summed E-state index contributed by atoms with van der Waals surface area (Å²) in [7, 11) is 0. The first-order valence-electron chi connectivity index (χ1n) is 7.94. The van der Waals surface area contributed by atoms with Gasteiger partial charge >= 0.3 is 0 Å². The highest BCUT2D eigenvalue weighted by molar-refractivity contribution is 5.80. The van der Waals surface area contributed by atoms with E-state index in [1.54, 1.807) is 0 Å². The fraction of sp³-hybridized carbons (Fsp3) is 0.688. The molecule has 1 aliphatic heterocycles. The number of aryl methyl sites for hydroxylation is 1. The first-order valence-corrected chi connectivity index (χ1v) is 7.94. The molecule has 1 amide bonds. The summed E-state index contributed by atoms with van der Waals surface area (Å²) in [5, 5.41) is 3.36. The Morgan fingerprint density at radius 1 is 1.33 bits per heavy atom. The van der Waals surface area contributed by atoms with Crippen LogP contribution >= 0.6 is 0 Å². The van der Waals surface area contributed by atoms with Crippen LogP contribution in [0, 0.1) is 6.92 Å². The second kappa shape index (κ2) is 5.62. The average molecular weight is 288 g/mol. The molecule has 5 nitrogen and oxygen atoms in total. The zero-order valence-corrected chi connectivity index (χ0v) is 13.1. The molecule has 2 heterocycles. The van der Waals surface area contributed by atoms with Crippen molar-refractivity contribution < 1.29 is 4.79 Å². The summed E-state index contributed by atoms with van der Waals surface area (Å²) >= 11 is 0. The number of hydrogen-bond acceptors (Lipinski definition) is 4. The van der Waals surface area contributed by atoms with Gasteiger partial charge in [-0.05, 0) is 39.7 Å². The van der Waals surface area contributed by atoms with Crippen molar-refractivity contribution in [1.82, 2.24) is 14.9 Å². The van der Waals surface area contributed by atoms with Crippen molar-refractivity contribution in [3.8, 4) is 0 Å². The number of aromatic nitrogens is 2. The fourth-order valence-electron chi connectivity index (χ4n) is 3.08. The Balaban J connectivity index is 1.70. The van der Waals surface area contributed by atoms with Gasteiger partial charge in [-0.2, -0.15) is 0 Å². The van der Waals surface area contributed by atoms with E-state index in [4.69, 9.17) is 0 Å². The Bertz CT molecular complexity index is 539. The normalized spacial score (nSPS) is 22.8. The third-order valence-electron chi connectivity index (χ3n) is 4.51. The van der Waals surface area contributed by atoms with E-state index in [0.29, 0.717) is 18.3 Å². The van der Waals surface area contributed by atoms with Crippen LogP contribution in [0.1, 0.15) is 56.8 Å². The summed E-state index contributed by atoms with van der Waals surface area (Å²) < 4.78 is 0. The number of likely N-dealkylation sites (tertiary alicyclic amines) is 1. The predicted molar refractivity (Wildman–Crippen MR) is 82.2 cm³/mol. The average Bonchev–Trinajstić information content (AvgIpc) is 2.67. The highest BCUT2D eigenvalue weighted by atomic mass is 16.2. The monoisotopic (exact) mass is 288 g/mol. The van der Waals surface area contributed by atoms with Crippen molar-refractivity contribution in [2.45, 2.75) is 64.5 Å². The minimum absolute atomic E-state index is 0.121. The molecule has 2 aliphatic rings. The second-order valence-corrected chi connectivity index (χ2v) is 6.57. The van der Waals surface area contributed by atoms with E-state index in [2.05, 4.69) is 35.2 Å². The molecule has 1 unspecified atom stereocenters. The van der Waals surface area contributed by atoms with Crippen LogP contribution in [0.5, 0.6) is 0 Å². The molecule has 1 aromatic heterocycles. The lowest BCUT2D eigenvalue weighted by Gasteiger charge is -2.25. The number of carbonyl (C=O) groups excluding carboxylic acids is 1. The van der Waals surface area contributed by atoms with Crippen LogP contribution in [0.4, 0.5) is 5.95 Å². The van der Waals surface area contributed by atoms with Crippen molar-refractivity contribution in [1.29, 1.82) is 0 Å². The van der Waals surface area contributed by atoms with E-state index >= 15 is 0 Å². The first kappa shape index (κ1) is 14.3. The molecule has 2 fully saturated rings. The molecular formula is C16H24N4O. The molecule has 1 aliphatic carbocycles. The Morgan fingerprint density at radius 3 is 2.67 bits per heavy atom. The van der Waals surface area contributed by atoms with E-state index < -0.39 is 0 Å². The van der Waals surface area contributed by atoms with Crippen molar-refractivity contribution in [2.75, 3.05) is 11.9 Å². The number of amides is 1. The number of anilines is 1. The maximum atomic E-state index is 12.0.